The minimum absolute atomic E-state index is 0.195. The van der Waals surface area contributed by atoms with E-state index in [9.17, 15) is 0 Å². The summed E-state index contributed by atoms with van der Waals surface area (Å²) in [6.45, 7) is 13.1. The first-order valence-corrected chi connectivity index (χ1v) is 6.63. The average molecular weight is 229 g/mol. The van der Waals surface area contributed by atoms with Crippen LogP contribution in [0, 0.1) is 5.41 Å². The lowest BCUT2D eigenvalue weighted by Gasteiger charge is -2.35. The lowest BCUT2D eigenvalue weighted by molar-refractivity contribution is 0.0611. The van der Waals surface area contributed by atoms with E-state index in [2.05, 4.69) is 39.9 Å². The Hall–Kier alpha value is -0.0800. The lowest BCUT2D eigenvalue weighted by atomic mass is 9.80. The van der Waals surface area contributed by atoms with E-state index >= 15 is 0 Å². The SMILES string of the molecule is CCCCC(CC)(CNC(C)(C)C)COC. The zero-order chi connectivity index (χ0) is 12.7. The Morgan fingerprint density at radius 2 is 1.75 bits per heavy atom. The van der Waals surface area contributed by atoms with Gasteiger partial charge in [-0.3, -0.25) is 0 Å². The molecular formula is C14H31NO. The Bertz CT molecular complexity index is 174. The molecule has 0 saturated carbocycles. The summed E-state index contributed by atoms with van der Waals surface area (Å²) in [5, 5.41) is 3.63. The average Bonchev–Trinajstić information content (AvgIpc) is 2.21. The van der Waals surface area contributed by atoms with Crippen molar-refractivity contribution in [1.29, 1.82) is 0 Å². The molecule has 0 heterocycles. The van der Waals surface area contributed by atoms with Crippen LogP contribution in [-0.4, -0.2) is 25.8 Å². The predicted octanol–water partition coefficient (Wildman–Crippen LogP) is 3.61. The molecule has 0 aromatic carbocycles. The molecule has 0 radical (unpaired) electrons. The number of unbranched alkanes of at least 4 members (excludes halogenated alkanes) is 1. The number of methoxy groups -OCH3 is 1. The van der Waals surface area contributed by atoms with Gasteiger partial charge in [-0.05, 0) is 33.6 Å². The van der Waals surface area contributed by atoms with E-state index in [4.69, 9.17) is 4.74 Å². The molecule has 0 aliphatic rings. The molecule has 0 aliphatic heterocycles. The van der Waals surface area contributed by atoms with E-state index in [1.807, 2.05) is 7.11 Å². The van der Waals surface area contributed by atoms with E-state index in [0.29, 0.717) is 5.41 Å². The summed E-state index contributed by atoms with van der Waals surface area (Å²) in [6.07, 6.45) is 5.00. The van der Waals surface area contributed by atoms with Crippen molar-refractivity contribution in [3.05, 3.63) is 0 Å². The molecule has 0 spiro atoms. The second kappa shape index (κ2) is 7.29. The van der Waals surface area contributed by atoms with Gasteiger partial charge in [-0.15, -0.1) is 0 Å². The van der Waals surface area contributed by atoms with E-state index < -0.39 is 0 Å². The van der Waals surface area contributed by atoms with Gasteiger partial charge in [-0.2, -0.15) is 0 Å². The first-order chi connectivity index (χ1) is 7.39. The maximum absolute atomic E-state index is 5.42. The normalized spacial score (nSPS) is 16.1. The maximum Gasteiger partial charge on any atom is 0.0530 e. The third-order valence-corrected chi connectivity index (χ3v) is 3.25. The molecule has 98 valence electrons. The molecule has 0 aromatic rings. The second-order valence-corrected chi connectivity index (χ2v) is 5.99. The fraction of sp³-hybridized carbons (Fsp3) is 1.00. The first-order valence-electron chi connectivity index (χ1n) is 6.63. The van der Waals surface area contributed by atoms with Gasteiger partial charge in [0.1, 0.15) is 0 Å². The van der Waals surface area contributed by atoms with Gasteiger partial charge in [0.2, 0.25) is 0 Å². The fourth-order valence-corrected chi connectivity index (χ4v) is 1.93. The quantitative estimate of drug-likeness (QED) is 0.686. The van der Waals surface area contributed by atoms with Gasteiger partial charge in [-0.25, -0.2) is 0 Å². The summed E-state index contributed by atoms with van der Waals surface area (Å²) in [5.41, 5.74) is 0.512. The Morgan fingerprint density at radius 3 is 2.12 bits per heavy atom. The van der Waals surface area contributed by atoms with Crippen LogP contribution in [0.4, 0.5) is 0 Å². The van der Waals surface area contributed by atoms with Crippen LogP contribution in [0.5, 0.6) is 0 Å². The van der Waals surface area contributed by atoms with Crippen LogP contribution in [0.1, 0.15) is 60.3 Å². The summed E-state index contributed by atoms with van der Waals surface area (Å²) in [7, 11) is 1.81. The molecule has 0 rings (SSSR count). The molecule has 0 fully saturated rings. The lowest BCUT2D eigenvalue weighted by Crippen LogP contribution is -2.45. The zero-order valence-corrected chi connectivity index (χ0v) is 12.2. The summed E-state index contributed by atoms with van der Waals surface area (Å²) in [5.74, 6) is 0. The van der Waals surface area contributed by atoms with Crippen molar-refractivity contribution in [2.75, 3.05) is 20.3 Å². The molecule has 0 saturated heterocycles. The summed E-state index contributed by atoms with van der Waals surface area (Å²) in [4.78, 5) is 0. The Labute approximate surface area is 102 Å². The number of nitrogens with one attached hydrogen (secondary N) is 1. The molecule has 0 amide bonds. The standard InChI is InChI=1S/C14H31NO/c1-7-9-10-14(8-2,12-16-6)11-15-13(3,4)5/h15H,7-12H2,1-6H3. The number of ether oxygens (including phenoxy) is 1. The van der Waals surface area contributed by atoms with Crippen LogP contribution >= 0.6 is 0 Å². The van der Waals surface area contributed by atoms with Crippen LogP contribution in [0.3, 0.4) is 0 Å². The smallest absolute Gasteiger partial charge is 0.0530 e. The minimum Gasteiger partial charge on any atom is -0.384 e. The third kappa shape index (κ3) is 6.49. The van der Waals surface area contributed by atoms with Gasteiger partial charge in [0.15, 0.2) is 0 Å². The predicted molar refractivity (Wildman–Crippen MR) is 71.9 cm³/mol. The van der Waals surface area contributed by atoms with E-state index in [-0.39, 0.29) is 5.54 Å². The highest BCUT2D eigenvalue weighted by Gasteiger charge is 2.28. The van der Waals surface area contributed by atoms with Crippen molar-refractivity contribution in [3.63, 3.8) is 0 Å². The zero-order valence-electron chi connectivity index (χ0n) is 12.2. The molecule has 1 N–H and O–H groups in total. The van der Waals surface area contributed by atoms with Crippen LogP contribution in [0.25, 0.3) is 0 Å². The van der Waals surface area contributed by atoms with Crippen molar-refractivity contribution in [2.24, 2.45) is 5.41 Å². The summed E-state index contributed by atoms with van der Waals surface area (Å²) in [6, 6.07) is 0. The topological polar surface area (TPSA) is 21.3 Å². The molecule has 16 heavy (non-hydrogen) atoms. The Kier molecular flexibility index (Phi) is 7.25. The highest BCUT2D eigenvalue weighted by molar-refractivity contribution is 4.83. The van der Waals surface area contributed by atoms with Gasteiger partial charge in [-0.1, -0.05) is 26.7 Å². The third-order valence-electron chi connectivity index (χ3n) is 3.25. The van der Waals surface area contributed by atoms with E-state index in [1.54, 1.807) is 0 Å². The van der Waals surface area contributed by atoms with Gasteiger partial charge in [0.05, 0.1) is 6.61 Å². The molecule has 2 nitrogen and oxygen atoms in total. The van der Waals surface area contributed by atoms with Crippen molar-refractivity contribution in [2.45, 2.75) is 65.8 Å². The fourth-order valence-electron chi connectivity index (χ4n) is 1.93. The van der Waals surface area contributed by atoms with Gasteiger partial charge >= 0.3 is 0 Å². The van der Waals surface area contributed by atoms with Crippen LogP contribution in [0.2, 0.25) is 0 Å². The second-order valence-electron chi connectivity index (χ2n) is 5.99. The van der Waals surface area contributed by atoms with Crippen molar-refractivity contribution < 1.29 is 4.74 Å². The molecule has 1 atom stereocenters. The van der Waals surface area contributed by atoms with Crippen LogP contribution in [-0.2, 0) is 4.74 Å². The molecule has 0 bridgehead atoms. The van der Waals surface area contributed by atoms with Gasteiger partial charge < -0.3 is 10.1 Å². The highest BCUT2D eigenvalue weighted by atomic mass is 16.5. The Balaban J connectivity index is 4.37. The summed E-state index contributed by atoms with van der Waals surface area (Å²) >= 11 is 0. The Morgan fingerprint density at radius 1 is 1.12 bits per heavy atom. The molecule has 2 heteroatoms. The van der Waals surface area contributed by atoms with Crippen LogP contribution < -0.4 is 5.32 Å². The summed E-state index contributed by atoms with van der Waals surface area (Å²) < 4.78 is 5.42. The number of hydrogen-bond donors (Lipinski definition) is 1. The highest BCUT2D eigenvalue weighted by Crippen LogP contribution is 2.29. The number of rotatable bonds is 8. The monoisotopic (exact) mass is 229 g/mol. The number of hydrogen-bond acceptors (Lipinski definition) is 2. The van der Waals surface area contributed by atoms with Crippen molar-refractivity contribution in [1.82, 2.24) is 5.32 Å². The van der Waals surface area contributed by atoms with Crippen LogP contribution in [0.15, 0.2) is 0 Å². The molecular weight excluding hydrogens is 198 g/mol. The molecule has 0 aliphatic carbocycles. The molecule has 0 aromatic heterocycles. The van der Waals surface area contributed by atoms with Crippen molar-refractivity contribution in [3.8, 4) is 0 Å². The first kappa shape index (κ1) is 15.9. The van der Waals surface area contributed by atoms with Gasteiger partial charge in [0.25, 0.3) is 0 Å². The minimum atomic E-state index is 0.195. The maximum atomic E-state index is 5.42. The van der Waals surface area contributed by atoms with Crippen molar-refractivity contribution >= 4 is 0 Å². The van der Waals surface area contributed by atoms with Gasteiger partial charge in [0, 0.05) is 24.6 Å². The van der Waals surface area contributed by atoms with E-state index in [0.717, 1.165) is 13.2 Å². The largest absolute Gasteiger partial charge is 0.384 e. The van der Waals surface area contributed by atoms with E-state index in [1.165, 1.54) is 25.7 Å². The molecule has 1 unspecified atom stereocenters.